The Bertz CT molecular complexity index is 639. The van der Waals surface area contributed by atoms with Gasteiger partial charge in [-0.3, -0.25) is 9.05 Å². The van der Waals surface area contributed by atoms with Crippen LogP contribution < -0.4 is 5.73 Å². The van der Waals surface area contributed by atoms with Gasteiger partial charge in [0.1, 0.15) is 19.2 Å². The van der Waals surface area contributed by atoms with Crippen molar-refractivity contribution in [1.29, 1.82) is 0 Å². The fraction of sp³-hybridized carbons (Fsp3) is 0.615. The molecular weight excluding hydrogens is 321 g/mol. The molecule has 0 bridgehead atoms. The lowest BCUT2D eigenvalue weighted by molar-refractivity contribution is -0.901. The number of likely N-dealkylation sites (N-methyl/N-ethyl adjacent to an activating group) is 1. The van der Waals surface area contributed by atoms with E-state index < -0.39 is 7.60 Å². The fourth-order valence-electron chi connectivity index (χ4n) is 2.24. The Hall–Kier alpha value is -1.74. The molecule has 0 radical (unpaired) electrons. The summed E-state index contributed by atoms with van der Waals surface area (Å²) in [5.74, 6) is 0.228. The summed E-state index contributed by atoms with van der Waals surface area (Å²) in [4.78, 5) is 28.9. The summed E-state index contributed by atoms with van der Waals surface area (Å²) in [5, 5.41) is 0. The predicted octanol–water partition coefficient (Wildman–Crippen LogP) is 0.481. The van der Waals surface area contributed by atoms with Gasteiger partial charge in [0.2, 0.25) is 6.54 Å². The monoisotopic (exact) mass is 344 g/mol. The largest absolute Gasteiger partial charge is 0.438 e. The zero-order valence-corrected chi connectivity index (χ0v) is 14.2. The van der Waals surface area contributed by atoms with E-state index in [4.69, 9.17) is 26.8 Å². The van der Waals surface area contributed by atoms with Crippen molar-refractivity contribution in [3.8, 4) is 12.6 Å². The van der Waals surface area contributed by atoms with Crippen LogP contribution in [0.25, 0.3) is 9.69 Å². The standard InChI is InChI=1S/C13H21N5O4P/c1-11(22-6-7-23(19,20)21)8-18(3)5-4-16-12(9-18)13(14)17-10-15-2/h2,10-11H,5-9,14H2,1,3H3/q+1/p+2/b13-12+,17-10?/t11-,18?/m1/s1. The van der Waals surface area contributed by atoms with Crippen LogP contribution in [-0.2, 0) is 9.30 Å². The van der Waals surface area contributed by atoms with Gasteiger partial charge in [0, 0.05) is 0 Å². The van der Waals surface area contributed by atoms with E-state index in [9.17, 15) is 4.57 Å². The van der Waals surface area contributed by atoms with Crippen molar-refractivity contribution in [3.05, 3.63) is 21.2 Å². The molecule has 1 rings (SSSR count). The van der Waals surface area contributed by atoms with Gasteiger partial charge in [0.25, 0.3) is 0 Å². The molecule has 0 aromatic carbocycles. The van der Waals surface area contributed by atoms with E-state index in [1.165, 1.54) is 0 Å². The van der Waals surface area contributed by atoms with Gasteiger partial charge in [-0.05, 0) is 16.8 Å². The van der Waals surface area contributed by atoms with Gasteiger partial charge < -0.3 is 20.3 Å². The zero-order chi connectivity index (χ0) is 17.5. The summed E-state index contributed by atoms with van der Waals surface area (Å²) >= 11 is 0. The molecule has 0 spiro atoms. The second kappa shape index (κ2) is 8.21. The van der Waals surface area contributed by atoms with Crippen molar-refractivity contribution in [2.24, 2.45) is 10.7 Å². The number of ether oxygens (including phenoxy) is 1. The molecule has 0 aliphatic carbocycles. The van der Waals surface area contributed by atoms with Crippen LogP contribution in [0.15, 0.2) is 16.5 Å². The first kappa shape index (κ1) is 19.3. The molecule has 1 heterocycles. The molecule has 1 aliphatic rings. The molecule has 0 aromatic rings. The summed E-state index contributed by atoms with van der Waals surface area (Å²) in [6, 6.07) is 2.91. The minimum atomic E-state index is -4.03. The molecule has 0 fully saturated rings. The quantitative estimate of drug-likeness (QED) is 0.204. The maximum atomic E-state index is 10.8. The highest BCUT2D eigenvalue weighted by Gasteiger charge is 2.38. The van der Waals surface area contributed by atoms with Crippen LogP contribution in [0.1, 0.15) is 6.92 Å². The summed E-state index contributed by atoms with van der Waals surface area (Å²) < 4.78 is 16.8. The van der Waals surface area contributed by atoms with Gasteiger partial charge in [-0.15, -0.1) is 0 Å². The van der Waals surface area contributed by atoms with Crippen molar-refractivity contribution in [3.63, 3.8) is 0 Å². The number of aliphatic imine (C=N–C) groups is 1. The molecule has 0 saturated carbocycles. The Balaban J connectivity index is 2.64. The lowest BCUT2D eigenvalue weighted by Gasteiger charge is -2.32. The van der Waals surface area contributed by atoms with E-state index in [0.29, 0.717) is 29.8 Å². The van der Waals surface area contributed by atoms with Crippen LogP contribution in [0.2, 0.25) is 0 Å². The van der Waals surface area contributed by atoms with Crippen molar-refractivity contribution in [1.82, 2.24) is 0 Å². The SMILES string of the molecule is C#[N+]C=N/C(N)=C1\C[N+](C)(C[C@@H](C)OCCP(=O)(O)O)CC#[N+]1. The predicted molar refractivity (Wildman–Crippen MR) is 88.4 cm³/mol. The molecule has 1 aliphatic heterocycles. The minimum Gasteiger partial charge on any atom is -0.372 e. The Morgan fingerprint density at radius 2 is 2.43 bits per heavy atom. The normalized spacial score (nSPS) is 24.7. The first-order valence-corrected chi connectivity index (χ1v) is 8.79. The van der Waals surface area contributed by atoms with Gasteiger partial charge in [-0.25, -0.2) is 0 Å². The van der Waals surface area contributed by atoms with Gasteiger partial charge in [0.15, 0.2) is 6.54 Å². The van der Waals surface area contributed by atoms with Crippen LogP contribution in [0.5, 0.6) is 0 Å². The van der Waals surface area contributed by atoms with Gasteiger partial charge in [-0.2, -0.15) is 4.85 Å². The van der Waals surface area contributed by atoms with Crippen molar-refractivity contribution < 1.29 is 23.6 Å². The molecule has 0 saturated heterocycles. The van der Waals surface area contributed by atoms with Crippen LogP contribution in [0, 0.1) is 12.6 Å². The van der Waals surface area contributed by atoms with Gasteiger partial charge in [-0.1, -0.05) is 0 Å². The smallest absolute Gasteiger partial charge is 0.372 e. The van der Waals surface area contributed by atoms with E-state index in [2.05, 4.69) is 20.8 Å². The first-order valence-electron chi connectivity index (χ1n) is 7.00. The third-order valence-electron chi connectivity index (χ3n) is 3.24. The summed E-state index contributed by atoms with van der Waals surface area (Å²) in [7, 11) is -2.04. The lowest BCUT2D eigenvalue weighted by Crippen LogP contribution is -2.51. The average Bonchev–Trinajstić information content (AvgIpc) is 2.42. The zero-order valence-electron chi connectivity index (χ0n) is 13.3. The van der Waals surface area contributed by atoms with E-state index in [1.807, 2.05) is 14.0 Å². The minimum absolute atomic E-state index is 0.0103. The topological polar surface area (TPSA) is 114 Å². The van der Waals surface area contributed by atoms with Gasteiger partial charge >= 0.3 is 31.5 Å². The van der Waals surface area contributed by atoms with Crippen LogP contribution in [-0.4, -0.2) is 66.2 Å². The number of rotatable bonds is 7. The van der Waals surface area contributed by atoms with Crippen molar-refractivity contribution in [2.75, 3.05) is 39.5 Å². The lowest BCUT2D eigenvalue weighted by atomic mass is 10.2. The second-order valence-electron chi connectivity index (χ2n) is 5.68. The molecule has 0 aromatic heterocycles. The molecule has 1 unspecified atom stereocenters. The fourth-order valence-corrected chi connectivity index (χ4v) is 2.58. The average molecular weight is 344 g/mol. The van der Waals surface area contributed by atoms with E-state index in [-0.39, 0.29) is 24.7 Å². The van der Waals surface area contributed by atoms with E-state index in [1.54, 1.807) is 0 Å². The molecule has 2 atom stereocenters. The summed E-state index contributed by atoms with van der Waals surface area (Å²) in [6.07, 6.45) is 0.672. The number of quaternary nitrogens is 1. The van der Waals surface area contributed by atoms with Crippen LogP contribution in [0.4, 0.5) is 0 Å². The van der Waals surface area contributed by atoms with Crippen molar-refractivity contribution >= 4 is 13.9 Å². The molecular formula is C13H23N5O4P+3. The number of hydrogen-bond donors (Lipinski definition) is 3. The first-order chi connectivity index (χ1) is 10.7. The molecule has 126 valence electrons. The third-order valence-corrected chi connectivity index (χ3v) is 4.01. The second-order valence-corrected chi connectivity index (χ2v) is 7.46. The number of nitrogens with zero attached hydrogens (tertiary/aromatic N) is 4. The van der Waals surface area contributed by atoms with Crippen LogP contribution in [0.3, 0.4) is 0 Å². The van der Waals surface area contributed by atoms with Gasteiger partial charge in [0.05, 0.1) is 19.8 Å². The maximum Gasteiger partial charge on any atom is 0.438 e. The highest BCUT2D eigenvalue weighted by atomic mass is 31.2. The highest BCUT2D eigenvalue weighted by molar-refractivity contribution is 7.51. The third kappa shape index (κ3) is 7.38. The molecule has 23 heavy (non-hydrogen) atoms. The van der Waals surface area contributed by atoms with Crippen LogP contribution >= 0.6 is 7.60 Å². The molecule has 0 amide bonds. The number of nitrogens with two attached hydrogens (primary N) is 1. The Labute approximate surface area is 135 Å². The Kier molecular flexibility index (Phi) is 6.89. The number of hydrogen-bond acceptors (Lipinski definition) is 4. The van der Waals surface area contributed by atoms with E-state index in [0.717, 1.165) is 6.34 Å². The molecule has 10 heteroatoms. The Morgan fingerprint density at radius 1 is 1.74 bits per heavy atom. The highest BCUT2D eigenvalue weighted by Crippen LogP contribution is 2.33. The molecule has 4 N–H and O–H groups in total. The maximum absolute atomic E-state index is 10.8. The van der Waals surface area contributed by atoms with E-state index >= 15 is 0 Å². The van der Waals surface area contributed by atoms with Crippen molar-refractivity contribution in [2.45, 2.75) is 13.0 Å². The Morgan fingerprint density at radius 3 is 3.04 bits per heavy atom. The summed E-state index contributed by atoms with van der Waals surface area (Å²) in [5.41, 5.74) is 6.40. The molecule has 9 nitrogen and oxygen atoms in total. The summed E-state index contributed by atoms with van der Waals surface area (Å²) in [6.45, 7) is 8.57.